The van der Waals surface area contributed by atoms with Gasteiger partial charge in [0.2, 0.25) is 0 Å². The van der Waals surface area contributed by atoms with Crippen molar-refractivity contribution < 1.29 is 23.8 Å². The van der Waals surface area contributed by atoms with Crippen molar-refractivity contribution in [2.24, 2.45) is 0 Å². The molecule has 0 fully saturated rings. The molecule has 2 aliphatic rings. The van der Waals surface area contributed by atoms with Gasteiger partial charge in [-0.1, -0.05) is 23.7 Å². The van der Waals surface area contributed by atoms with E-state index in [1.807, 2.05) is 37.3 Å². The molecule has 33 heavy (non-hydrogen) atoms. The van der Waals surface area contributed by atoms with E-state index in [0.717, 1.165) is 11.3 Å². The summed E-state index contributed by atoms with van der Waals surface area (Å²) in [6, 6.07) is 13.0. The topological polar surface area (TPSA) is 73.9 Å². The fourth-order valence-electron chi connectivity index (χ4n) is 4.77. The van der Waals surface area contributed by atoms with Gasteiger partial charge in [0.05, 0.1) is 32.8 Å². The molecule has 1 N–H and O–H groups in total. The summed E-state index contributed by atoms with van der Waals surface area (Å²) in [5, 5.41) is 3.99. The number of carbonyl (C=O) groups is 2. The minimum absolute atomic E-state index is 0.0151. The quantitative estimate of drug-likeness (QED) is 0.631. The molecule has 2 aromatic carbocycles. The minimum atomic E-state index is -0.627. The van der Waals surface area contributed by atoms with Gasteiger partial charge in [-0.2, -0.15) is 0 Å². The van der Waals surface area contributed by atoms with Gasteiger partial charge in [-0.15, -0.1) is 0 Å². The predicted octanol–water partition coefficient (Wildman–Crippen LogP) is 4.89. The molecule has 0 spiro atoms. The molecule has 1 heterocycles. The van der Waals surface area contributed by atoms with Gasteiger partial charge < -0.3 is 19.5 Å². The number of Topliss-reactive ketones (excluding diaryl/α,β-unsaturated/α-hetero) is 1. The highest BCUT2D eigenvalue weighted by Crippen LogP contribution is 2.48. The number of ketones is 1. The summed E-state index contributed by atoms with van der Waals surface area (Å²) in [7, 11) is 4.48. The summed E-state index contributed by atoms with van der Waals surface area (Å²) in [5.74, 6) is 0.0484. The summed E-state index contributed by atoms with van der Waals surface area (Å²) in [6.07, 6.45) is 0.968. The fourth-order valence-corrected chi connectivity index (χ4v) is 4.89. The average molecular weight is 468 g/mol. The van der Waals surface area contributed by atoms with Gasteiger partial charge in [-0.05, 0) is 55.2 Å². The van der Waals surface area contributed by atoms with Crippen LogP contribution in [0.4, 0.5) is 0 Å². The maximum atomic E-state index is 13.6. The number of nitrogens with one attached hydrogen (secondary N) is 1. The number of ether oxygens (including phenoxy) is 3. The number of allylic oxidation sites excluding steroid dienone is 3. The van der Waals surface area contributed by atoms with Crippen LogP contribution in [0.5, 0.6) is 11.5 Å². The van der Waals surface area contributed by atoms with E-state index >= 15 is 0 Å². The Labute approximate surface area is 198 Å². The van der Waals surface area contributed by atoms with E-state index in [9.17, 15) is 9.59 Å². The zero-order chi connectivity index (χ0) is 23.7. The molecule has 2 atom stereocenters. The monoisotopic (exact) mass is 467 g/mol. The Hall–Kier alpha value is -3.25. The SMILES string of the molecule is COC(=O)C1=C(C)NC2=C(C(=O)CC(c3ccc(Cl)cc3)C2)C1c1cc(OC)ccc1OC. The number of methoxy groups -OCH3 is 3. The second kappa shape index (κ2) is 9.32. The van der Waals surface area contributed by atoms with Crippen LogP contribution in [0.25, 0.3) is 0 Å². The van der Waals surface area contributed by atoms with E-state index in [4.69, 9.17) is 25.8 Å². The fraction of sp³-hybridized carbons (Fsp3) is 0.308. The molecule has 0 bridgehead atoms. The number of dihydropyridines is 1. The Balaban J connectivity index is 1.86. The average Bonchev–Trinajstić information content (AvgIpc) is 2.82. The standard InChI is InChI=1S/C26H26ClNO5/c1-14-23(26(30)33-4)24(19-13-18(31-2)9-10-22(19)32-3)25-20(28-14)11-16(12-21(25)29)15-5-7-17(27)8-6-15/h5-10,13,16,24,28H,11-12H2,1-4H3. The molecule has 0 saturated heterocycles. The highest BCUT2D eigenvalue weighted by atomic mass is 35.5. The lowest BCUT2D eigenvalue weighted by Gasteiger charge is -2.37. The summed E-state index contributed by atoms with van der Waals surface area (Å²) in [6.45, 7) is 1.83. The highest BCUT2D eigenvalue weighted by Gasteiger charge is 2.42. The Morgan fingerprint density at radius 2 is 1.76 bits per heavy atom. The molecule has 0 radical (unpaired) electrons. The summed E-state index contributed by atoms with van der Waals surface area (Å²) in [4.78, 5) is 26.5. The molecule has 2 aromatic rings. The molecular weight excluding hydrogens is 442 g/mol. The van der Waals surface area contributed by atoms with Crippen LogP contribution >= 0.6 is 11.6 Å². The number of halogens is 1. The van der Waals surface area contributed by atoms with Gasteiger partial charge >= 0.3 is 5.97 Å². The molecule has 0 amide bonds. The first-order valence-corrected chi connectivity index (χ1v) is 11.1. The molecule has 0 saturated carbocycles. The minimum Gasteiger partial charge on any atom is -0.497 e. The first-order valence-electron chi connectivity index (χ1n) is 10.7. The van der Waals surface area contributed by atoms with Gasteiger partial charge in [0, 0.05) is 34.0 Å². The van der Waals surface area contributed by atoms with Gasteiger partial charge in [0.1, 0.15) is 11.5 Å². The number of carbonyl (C=O) groups excluding carboxylic acids is 2. The molecule has 172 valence electrons. The second-order valence-corrected chi connectivity index (χ2v) is 8.60. The number of hydrogen-bond acceptors (Lipinski definition) is 6. The highest BCUT2D eigenvalue weighted by molar-refractivity contribution is 6.30. The maximum absolute atomic E-state index is 13.6. The molecule has 6 nitrogen and oxygen atoms in total. The summed E-state index contributed by atoms with van der Waals surface area (Å²) >= 11 is 6.05. The van der Waals surface area contributed by atoms with Crippen molar-refractivity contribution in [1.82, 2.24) is 5.32 Å². The number of benzene rings is 2. The van der Waals surface area contributed by atoms with Gasteiger partial charge in [0.15, 0.2) is 5.78 Å². The molecular formula is C26H26ClNO5. The molecule has 2 unspecified atom stereocenters. The second-order valence-electron chi connectivity index (χ2n) is 8.17. The van der Waals surface area contributed by atoms with Crippen LogP contribution in [0.1, 0.15) is 42.7 Å². The smallest absolute Gasteiger partial charge is 0.336 e. The number of esters is 1. The predicted molar refractivity (Wildman–Crippen MR) is 126 cm³/mol. The Morgan fingerprint density at radius 3 is 2.39 bits per heavy atom. The van der Waals surface area contributed by atoms with E-state index in [-0.39, 0.29) is 11.7 Å². The van der Waals surface area contributed by atoms with Crippen molar-refractivity contribution in [2.75, 3.05) is 21.3 Å². The molecule has 7 heteroatoms. The molecule has 4 rings (SSSR count). The van der Waals surface area contributed by atoms with E-state index in [1.54, 1.807) is 26.4 Å². The lowest BCUT2D eigenvalue weighted by molar-refractivity contribution is -0.136. The third kappa shape index (κ3) is 4.23. The van der Waals surface area contributed by atoms with Crippen LogP contribution in [0, 0.1) is 0 Å². The van der Waals surface area contributed by atoms with E-state index in [1.165, 1.54) is 7.11 Å². The van der Waals surface area contributed by atoms with Crippen LogP contribution < -0.4 is 14.8 Å². The first kappa shape index (κ1) is 22.9. The van der Waals surface area contributed by atoms with Crippen molar-refractivity contribution >= 4 is 23.4 Å². The largest absolute Gasteiger partial charge is 0.497 e. The van der Waals surface area contributed by atoms with Crippen molar-refractivity contribution in [2.45, 2.75) is 31.6 Å². The Bertz CT molecular complexity index is 1170. The van der Waals surface area contributed by atoms with Crippen LogP contribution in [-0.4, -0.2) is 33.1 Å². The third-order valence-electron chi connectivity index (χ3n) is 6.32. The Morgan fingerprint density at radius 1 is 1.03 bits per heavy atom. The Kier molecular flexibility index (Phi) is 6.47. The normalized spacial score (nSPS) is 20.2. The van der Waals surface area contributed by atoms with Crippen molar-refractivity contribution in [1.29, 1.82) is 0 Å². The van der Waals surface area contributed by atoms with Gasteiger partial charge in [-0.3, -0.25) is 4.79 Å². The number of hydrogen-bond donors (Lipinski definition) is 1. The van der Waals surface area contributed by atoms with Crippen LogP contribution in [-0.2, 0) is 14.3 Å². The zero-order valence-corrected chi connectivity index (χ0v) is 19.8. The van der Waals surface area contributed by atoms with Crippen LogP contribution in [0.3, 0.4) is 0 Å². The number of rotatable bonds is 5. The van der Waals surface area contributed by atoms with E-state index in [2.05, 4.69) is 5.32 Å². The molecule has 1 aliphatic carbocycles. The lowest BCUT2D eigenvalue weighted by Crippen LogP contribution is -2.36. The van der Waals surface area contributed by atoms with Crippen LogP contribution in [0.15, 0.2) is 65.0 Å². The van der Waals surface area contributed by atoms with Crippen molar-refractivity contribution in [3.8, 4) is 11.5 Å². The summed E-state index contributed by atoms with van der Waals surface area (Å²) in [5.41, 5.74) is 4.16. The molecule has 1 aliphatic heterocycles. The first-order chi connectivity index (χ1) is 15.9. The summed E-state index contributed by atoms with van der Waals surface area (Å²) < 4.78 is 16.1. The van der Waals surface area contributed by atoms with E-state index in [0.29, 0.717) is 51.8 Å². The van der Waals surface area contributed by atoms with E-state index < -0.39 is 11.9 Å². The maximum Gasteiger partial charge on any atom is 0.336 e. The van der Waals surface area contributed by atoms with Gasteiger partial charge in [-0.25, -0.2) is 4.79 Å². The van der Waals surface area contributed by atoms with Crippen molar-refractivity contribution in [3.05, 3.63) is 81.2 Å². The van der Waals surface area contributed by atoms with Gasteiger partial charge in [0.25, 0.3) is 0 Å². The third-order valence-corrected chi connectivity index (χ3v) is 6.57. The lowest BCUT2D eigenvalue weighted by atomic mass is 9.71. The zero-order valence-electron chi connectivity index (χ0n) is 19.0. The van der Waals surface area contributed by atoms with Crippen molar-refractivity contribution in [3.63, 3.8) is 0 Å². The van der Waals surface area contributed by atoms with Crippen LogP contribution in [0.2, 0.25) is 5.02 Å². The molecule has 0 aromatic heterocycles.